The smallest absolute Gasteiger partial charge is 0.303 e. The van der Waals surface area contributed by atoms with Gasteiger partial charge >= 0.3 is 5.97 Å². The monoisotopic (exact) mass is 230 g/mol. The molecule has 17 heavy (non-hydrogen) atoms. The van der Waals surface area contributed by atoms with Gasteiger partial charge in [0, 0.05) is 12.5 Å². The van der Waals surface area contributed by atoms with Crippen LogP contribution in [-0.2, 0) is 14.3 Å². The van der Waals surface area contributed by atoms with Crippen LogP contribution in [-0.4, -0.2) is 24.3 Å². The van der Waals surface area contributed by atoms with Gasteiger partial charge in [0.25, 0.3) is 0 Å². The van der Waals surface area contributed by atoms with Crippen molar-refractivity contribution in [3.8, 4) is 11.8 Å². The SMILES string of the molecule is CC(=O)OC(C#Cc1ccccc1)[C@H]1O[C@@H]1C. The van der Waals surface area contributed by atoms with Gasteiger partial charge in [-0.25, -0.2) is 0 Å². The standard InChI is InChI=1S/C14H14O3/c1-10-14(16-10)13(17-11(2)15)9-8-12-6-4-3-5-7-12/h3-7,10,13-14H,1-2H3/t10-,13?,14+/m1/s1. The van der Waals surface area contributed by atoms with Crippen molar-refractivity contribution in [1.82, 2.24) is 0 Å². The van der Waals surface area contributed by atoms with Crippen LogP contribution >= 0.6 is 0 Å². The summed E-state index contributed by atoms with van der Waals surface area (Å²) >= 11 is 0. The minimum absolute atomic E-state index is 0.0879. The van der Waals surface area contributed by atoms with Crippen LogP contribution in [0.1, 0.15) is 19.4 Å². The Labute approximate surface area is 101 Å². The van der Waals surface area contributed by atoms with Crippen molar-refractivity contribution in [3.05, 3.63) is 35.9 Å². The summed E-state index contributed by atoms with van der Waals surface area (Å²) in [5.74, 6) is 5.59. The number of ether oxygens (including phenoxy) is 2. The van der Waals surface area contributed by atoms with Crippen molar-refractivity contribution < 1.29 is 14.3 Å². The lowest BCUT2D eigenvalue weighted by Gasteiger charge is -2.07. The molecular weight excluding hydrogens is 216 g/mol. The molecule has 0 spiro atoms. The van der Waals surface area contributed by atoms with E-state index in [1.807, 2.05) is 37.3 Å². The van der Waals surface area contributed by atoms with E-state index >= 15 is 0 Å². The van der Waals surface area contributed by atoms with Crippen LogP contribution in [0.4, 0.5) is 0 Å². The van der Waals surface area contributed by atoms with Crippen molar-refractivity contribution in [1.29, 1.82) is 0 Å². The van der Waals surface area contributed by atoms with Gasteiger partial charge in [-0.15, -0.1) is 0 Å². The van der Waals surface area contributed by atoms with Crippen LogP contribution in [0.3, 0.4) is 0 Å². The van der Waals surface area contributed by atoms with Gasteiger partial charge in [0.05, 0.1) is 6.10 Å². The Kier molecular flexibility index (Phi) is 3.46. The number of esters is 1. The maximum absolute atomic E-state index is 11.0. The fraction of sp³-hybridized carbons (Fsp3) is 0.357. The van der Waals surface area contributed by atoms with Gasteiger partial charge in [0.15, 0.2) is 6.10 Å². The minimum Gasteiger partial charge on any atom is -0.446 e. The summed E-state index contributed by atoms with van der Waals surface area (Å²) in [4.78, 5) is 11.0. The number of rotatable bonds is 2. The normalized spacial score (nSPS) is 23.2. The van der Waals surface area contributed by atoms with Crippen molar-refractivity contribution in [2.24, 2.45) is 0 Å². The predicted molar refractivity (Wildman–Crippen MR) is 63.2 cm³/mol. The number of carbonyl (C=O) groups excluding carboxylic acids is 1. The van der Waals surface area contributed by atoms with Crippen LogP contribution in [0, 0.1) is 11.8 Å². The summed E-state index contributed by atoms with van der Waals surface area (Å²) < 4.78 is 10.4. The highest BCUT2D eigenvalue weighted by atomic mass is 16.6. The van der Waals surface area contributed by atoms with Crippen molar-refractivity contribution >= 4 is 5.97 Å². The molecule has 1 aromatic carbocycles. The topological polar surface area (TPSA) is 38.8 Å². The van der Waals surface area contributed by atoms with E-state index < -0.39 is 6.10 Å². The lowest BCUT2D eigenvalue weighted by Crippen LogP contribution is -2.21. The van der Waals surface area contributed by atoms with Crippen LogP contribution in [0.25, 0.3) is 0 Å². The molecule has 1 aromatic rings. The van der Waals surface area contributed by atoms with Gasteiger partial charge in [-0.1, -0.05) is 30.0 Å². The van der Waals surface area contributed by atoms with Crippen LogP contribution < -0.4 is 0 Å². The lowest BCUT2D eigenvalue weighted by molar-refractivity contribution is -0.144. The van der Waals surface area contributed by atoms with E-state index in [1.54, 1.807) is 0 Å². The zero-order chi connectivity index (χ0) is 12.3. The zero-order valence-electron chi connectivity index (χ0n) is 9.84. The Morgan fingerprint density at radius 3 is 2.59 bits per heavy atom. The predicted octanol–water partition coefficient (Wildman–Crippen LogP) is 1.76. The Morgan fingerprint density at radius 1 is 1.41 bits per heavy atom. The maximum Gasteiger partial charge on any atom is 0.303 e. The second-order valence-electron chi connectivity index (χ2n) is 3.97. The number of epoxide rings is 1. The number of hydrogen-bond acceptors (Lipinski definition) is 3. The van der Waals surface area contributed by atoms with Crippen LogP contribution in [0.15, 0.2) is 30.3 Å². The van der Waals surface area contributed by atoms with Crippen molar-refractivity contribution in [2.75, 3.05) is 0 Å². The summed E-state index contributed by atoms with van der Waals surface area (Å²) in [6.07, 6.45) is -0.442. The van der Waals surface area contributed by atoms with E-state index in [9.17, 15) is 4.79 Å². The van der Waals surface area contributed by atoms with Gasteiger partial charge in [0.1, 0.15) is 6.10 Å². The first-order valence-electron chi connectivity index (χ1n) is 5.56. The first kappa shape index (κ1) is 11.7. The molecule has 1 fully saturated rings. The molecule has 0 amide bonds. The minimum atomic E-state index is -0.470. The molecule has 3 atom stereocenters. The number of benzene rings is 1. The van der Waals surface area contributed by atoms with E-state index in [1.165, 1.54) is 6.92 Å². The first-order valence-corrected chi connectivity index (χ1v) is 5.56. The van der Waals surface area contributed by atoms with E-state index in [0.29, 0.717) is 0 Å². The molecule has 3 heteroatoms. The van der Waals surface area contributed by atoms with E-state index in [-0.39, 0.29) is 18.2 Å². The highest BCUT2D eigenvalue weighted by Gasteiger charge is 2.42. The third-order valence-electron chi connectivity index (χ3n) is 2.48. The largest absolute Gasteiger partial charge is 0.446 e. The fourth-order valence-electron chi connectivity index (χ4n) is 1.55. The molecular formula is C14H14O3. The van der Waals surface area contributed by atoms with Crippen molar-refractivity contribution in [2.45, 2.75) is 32.2 Å². The molecule has 2 rings (SSSR count). The summed E-state index contributed by atoms with van der Waals surface area (Å²) in [5.41, 5.74) is 0.901. The highest BCUT2D eigenvalue weighted by Crippen LogP contribution is 2.26. The summed E-state index contributed by atoms with van der Waals surface area (Å²) in [6, 6.07) is 9.59. The Bertz CT molecular complexity index is 455. The molecule has 3 nitrogen and oxygen atoms in total. The van der Waals surface area contributed by atoms with Gasteiger partial charge in [-0.05, 0) is 19.1 Å². The second kappa shape index (κ2) is 5.03. The molecule has 1 heterocycles. The highest BCUT2D eigenvalue weighted by molar-refractivity contribution is 5.66. The summed E-state index contributed by atoms with van der Waals surface area (Å²) in [7, 11) is 0. The lowest BCUT2D eigenvalue weighted by atomic mass is 10.2. The molecule has 1 unspecified atom stereocenters. The number of hydrogen-bond donors (Lipinski definition) is 0. The number of carbonyl (C=O) groups is 1. The van der Waals surface area contributed by atoms with Gasteiger partial charge in [0.2, 0.25) is 0 Å². The molecule has 0 radical (unpaired) electrons. The molecule has 1 saturated heterocycles. The molecule has 0 aromatic heterocycles. The zero-order valence-corrected chi connectivity index (χ0v) is 9.84. The first-order chi connectivity index (χ1) is 8.16. The molecule has 1 aliphatic rings. The van der Waals surface area contributed by atoms with E-state index in [0.717, 1.165) is 5.56 Å². The molecule has 0 bridgehead atoms. The maximum atomic E-state index is 11.0. The third kappa shape index (κ3) is 3.33. The Morgan fingerprint density at radius 2 is 2.06 bits per heavy atom. The molecule has 0 aliphatic carbocycles. The average Bonchev–Trinajstić information content (AvgIpc) is 3.02. The van der Waals surface area contributed by atoms with Gasteiger partial charge < -0.3 is 9.47 Å². The molecule has 1 aliphatic heterocycles. The summed E-state index contributed by atoms with van der Waals surface area (Å²) in [6.45, 7) is 3.32. The van der Waals surface area contributed by atoms with Gasteiger partial charge in [-0.3, -0.25) is 4.79 Å². The average molecular weight is 230 g/mol. The van der Waals surface area contributed by atoms with Gasteiger partial charge in [-0.2, -0.15) is 0 Å². The van der Waals surface area contributed by atoms with E-state index in [4.69, 9.17) is 9.47 Å². The van der Waals surface area contributed by atoms with Crippen LogP contribution in [0.2, 0.25) is 0 Å². The van der Waals surface area contributed by atoms with Crippen molar-refractivity contribution in [3.63, 3.8) is 0 Å². The molecule has 88 valence electrons. The fourth-order valence-corrected chi connectivity index (χ4v) is 1.55. The van der Waals surface area contributed by atoms with E-state index in [2.05, 4.69) is 11.8 Å². The van der Waals surface area contributed by atoms with Crippen LogP contribution in [0.5, 0.6) is 0 Å². The summed E-state index contributed by atoms with van der Waals surface area (Å²) in [5, 5.41) is 0. The quantitative estimate of drug-likeness (QED) is 0.441. The Balaban J connectivity index is 2.07. The second-order valence-corrected chi connectivity index (χ2v) is 3.97. The molecule has 0 N–H and O–H groups in total. The molecule has 0 saturated carbocycles. The third-order valence-corrected chi connectivity index (χ3v) is 2.48. The Hall–Kier alpha value is -1.79.